The minimum Gasteiger partial charge on any atom is -0.494 e. The molecule has 0 radical (unpaired) electrons. The molecule has 2 aliphatic rings. The molecule has 3 heterocycles. The van der Waals surface area contributed by atoms with Crippen LogP contribution < -0.4 is 0 Å². The molecule has 2 aliphatic heterocycles. The predicted octanol–water partition coefficient (Wildman–Crippen LogP) is 2.35. The van der Waals surface area contributed by atoms with Crippen molar-refractivity contribution in [1.82, 2.24) is 19.3 Å². The van der Waals surface area contributed by atoms with E-state index >= 15 is 0 Å². The summed E-state index contributed by atoms with van der Waals surface area (Å²) in [7, 11) is 2.10. The van der Waals surface area contributed by atoms with Gasteiger partial charge in [0.25, 0.3) is 0 Å². The Morgan fingerprint density at radius 3 is 2.32 bits per heavy atom. The first-order chi connectivity index (χ1) is 12.1. The molecule has 0 bridgehead atoms. The Morgan fingerprint density at radius 2 is 1.64 bits per heavy atom. The maximum absolute atomic E-state index is 12.7. The Hall–Kier alpha value is -2.21. The molecule has 2 saturated heterocycles. The molecule has 25 heavy (non-hydrogen) atoms. The Morgan fingerprint density at radius 1 is 1.00 bits per heavy atom. The summed E-state index contributed by atoms with van der Waals surface area (Å²) in [5.74, 6) is 0.347. The highest BCUT2D eigenvalue weighted by Crippen LogP contribution is 2.34. The molecule has 0 spiro atoms. The lowest BCUT2D eigenvalue weighted by Crippen LogP contribution is -2.53. The van der Waals surface area contributed by atoms with Crippen molar-refractivity contribution in [3.05, 3.63) is 30.5 Å². The molecular formula is C19H26N4O2. The number of urea groups is 1. The Labute approximate surface area is 148 Å². The maximum Gasteiger partial charge on any atom is 0.320 e. The number of hydrogen-bond donors (Lipinski definition) is 1. The SMILES string of the molecule is CN1CCN(C(=O)N2CCC(n3cc4ccccc4c3O)CC2)CC1. The molecule has 4 rings (SSSR count). The van der Waals surface area contributed by atoms with E-state index in [0.29, 0.717) is 5.88 Å². The third kappa shape index (κ3) is 3.06. The molecule has 1 aromatic heterocycles. The van der Waals surface area contributed by atoms with Gasteiger partial charge in [0.1, 0.15) is 0 Å². The van der Waals surface area contributed by atoms with Crippen LogP contribution in [0.2, 0.25) is 0 Å². The van der Waals surface area contributed by atoms with Crippen LogP contribution in [0.25, 0.3) is 10.8 Å². The van der Waals surface area contributed by atoms with Crippen molar-refractivity contribution in [2.75, 3.05) is 46.3 Å². The lowest BCUT2D eigenvalue weighted by molar-refractivity contribution is 0.109. The van der Waals surface area contributed by atoms with Gasteiger partial charge in [-0.2, -0.15) is 0 Å². The van der Waals surface area contributed by atoms with Crippen molar-refractivity contribution in [2.45, 2.75) is 18.9 Å². The van der Waals surface area contributed by atoms with Gasteiger partial charge in [-0.15, -0.1) is 0 Å². The fourth-order valence-electron chi connectivity index (χ4n) is 3.97. The normalized spacial score (nSPS) is 20.4. The van der Waals surface area contributed by atoms with Gasteiger partial charge < -0.3 is 24.4 Å². The largest absolute Gasteiger partial charge is 0.494 e. The first kappa shape index (κ1) is 16.3. The molecule has 2 amide bonds. The molecule has 0 atom stereocenters. The van der Waals surface area contributed by atoms with E-state index in [1.54, 1.807) is 0 Å². The van der Waals surface area contributed by atoms with Gasteiger partial charge in [-0.3, -0.25) is 0 Å². The average molecular weight is 342 g/mol. The van der Waals surface area contributed by atoms with Gasteiger partial charge in [-0.25, -0.2) is 4.79 Å². The highest BCUT2D eigenvalue weighted by Gasteiger charge is 2.29. The number of piperidine rings is 1. The average Bonchev–Trinajstić information content (AvgIpc) is 2.99. The lowest BCUT2D eigenvalue weighted by atomic mass is 10.1. The molecule has 6 heteroatoms. The number of aromatic nitrogens is 1. The van der Waals surface area contributed by atoms with E-state index in [1.807, 2.05) is 44.8 Å². The third-order valence-electron chi connectivity index (χ3n) is 5.63. The van der Waals surface area contributed by atoms with E-state index in [4.69, 9.17) is 0 Å². The minimum atomic E-state index is 0.174. The van der Waals surface area contributed by atoms with Crippen molar-refractivity contribution >= 4 is 16.8 Å². The molecule has 0 saturated carbocycles. The van der Waals surface area contributed by atoms with E-state index in [2.05, 4.69) is 11.9 Å². The maximum atomic E-state index is 12.7. The second-order valence-corrected chi connectivity index (χ2v) is 7.24. The van der Waals surface area contributed by atoms with E-state index in [9.17, 15) is 9.90 Å². The topological polar surface area (TPSA) is 52.0 Å². The van der Waals surface area contributed by atoms with Crippen LogP contribution in [-0.2, 0) is 0 Å². The summed E-state index contributed by atoms with van der Waals surface area (Å²) in [5.41, 5.74) is 0. The number of piperazine rings is 1. The van der Waals surface area contributed by atoms with E-state index in [0.717, 1.165) is 62.9 Å². The molecule has 0 aliphatic carbocycles. The number of fused-ring (bicyclic) bond motifs is 1. The van der Waals surface area contributed by atoms with E-state index < -0.39 is 0 Å². The van der Waals surface area contributed by atoms with Crippen LogP contribution >= 0.6 is 0 Å². The smallest absolute Gasteiger partial charge is 0.320 e. The monoisotopic (exact) mass is 342 g/mol. The van der Waals surface area contributed by atoms with Crippen LogP contribution in [0.5, 0.6) is 5.88 Å². The highest BCUT2D eigenvalue weighted by molar-refractivity contribution is 5.87. The van der Waals surface area contributed by atoms with Gasteiger partial charge in [0.2, 0.25) is 0 Å². The molecule has 1 N–H and O–H groups in total. The molecule has 6 nitrogen and oxygen atoms in total. The quantitative estimate of drug-likeness (QED) is 0.865. The fraction of sp³-hybridized carbons (Fsp3) is 0.526. The van der Waals surface area contributed by atoms with Gasteiger partial charge in [0.15, 0.2) is 5.88 Å². The summed E-state index contributed by atoms with van der Waals surface area (Å²) >= 11 is 0. The second-order valence-electron chi connectivity index (χ2n) is 7.24. The van der Waals surface area contributed by atoms with Crippen LogP contribution in [-0.4, -0.2) is 76.7 Å². The number of benzene rings is 1. The summed E-state index contributed by atoms with van der Waals surface area (Å²) in [6, 6.07) is 8.34. The Kier molecular flexibility index (Phi) is 4.29. The fourth-order valence-corrected chi connectivity index (χ4v) is 3.97. The van der Waals surface area contributed by atoms with Crippen molar-refractivity contribution in [1.29, 1.82) is 0 Å². The Bertz CT molecular complexity index is 756. The van der Waals surface area contributed by atoms with Crippen molar-refractivity contribution in [3.8, 4) is 5.88 Å². The van der Waals surface area contributed by atoms with Crippen LogP contribution in [0.1, 0.15) is 18.9 Å². The summed E-state index contributed by atoms with van der Waals surface area (Å²) in [4.78, 5) is 18.9. The molecular weight excluding hydrogens is 316 g/mol. The zero-order chi connectivity index (χ0) is 17.4. The predicted molar refractivity (Wildman–Crippen MR) is 97.9 cm³/mol. The number of likely N-dealkylation sites (N-methyl/N-ethyl adjacent to an activating group) is 1. The number of likely N-dealkylation sites (tertiary alicyclic amines) is 1. The van der Waals surface area contributed by atoms with Crippen LogP contribution in [0, 0.1) is 0 Å². The summed E-state index contributed by atoms with van der Waals surface area (Å²) in [6.07, 6.45) is 3.80. The highest BCUT2D eigenvalue weighted by atomic mass is 16.3. The number of hydrogen-bond acceptors (Lipinski definition) is 3. The van der Waals surface area contributed by atoms with Crippen molar-refractivity contribution in [2.24, 2.45) is 0 Å². The van der Waals surface area contributed by atoms with Gasteiger partial charge in [-0.05, 0) is 26.0 Å². The standard InChI is InChI=1S/C19H26N4O2/c1-20-10-12-22(13-11-20)19(25)21-8-6-16(7-9-21)23-14-15-4-2-3-5-17(15)18(23)24/h2-5,14,16,24H,6-13H2,1H3. The Balaban J connectivity index is 1.41. The number of rotatable bonds is 1. The van der Waals surface area contributed by atoms with Crippen molar-refractivity contribution < 1.29 is 9.90 Å². The van der Waals surface area contributed by atoms with E-state index in [1.165, 1.54) is 0 Å². The number of carbonyl (C=O) groups is 1. The molecule has 134 valence electrons. The number of carbonyl (C=O) groups excluding carboxylic acids is 1. The molecule has 1 aromatic carbocycles. The number of aromatic hydroxyl groups is 1. The minimum absolute atomic E-state index is 0.174. The molecule has 2 aromatic rings. The first-order valence-electron chi connectivity index (χ1n) is 9.14. The molecule has 2 fully saturated rings. The van der Waals surface area contributed by atoms with Gasteiger partial charge >= 0.3 is 6.03 Å². The zero-order valence-corrected chi connectivity index (χ0v) is 14.8. The van der Waals surface area contributed by atoms with Gasteiger partial charge in [0, 0.05) is 62.3 Å². The second kappa shape index (κ2) is 6.59. The van der Waals surface area contributed by atoms with E-state index in [-0.39, 0.29) is 12.1 Å². The van der Waals surface area contributed by atoms with Crippen LogP contribution in [0.4, 0.5) is 4.79 Å². The summed E-state index contributed by atoms with van der Waals surface area (Å²) < 4.78 is 1.99. The van der Waals surface area contributed by atoms with Crippen LogP contribution in [0.15, 0.2) is 30.5 Å². The summed E-state index contributed by atoms with van der Waals surface area (Å²) in [6.45, 7) is 5.05. The first-order valence-corrected chi connectivity index (χ1v) is 9.14. The number of nitrogens with zero attached hydrogens (tertiary/aromatic N) is 4. The van der Waals surface area contributed by atoms with Crippen molar-refractivity contribution in [3.63, 3.8) is 0 Å². The molecule has 0 unspecified atom stereocenters. The third-order valence-corrected chi connectivity index (χ3v) is 5.63. The number of amides is 2. The lowest BCUT2D eigenvalue weighted by Gasteiger charge is -2.39. The van der Waals surface area contributed by atoms with Gasteiger partial charge in [-0.1, -0.05) is 18.2 Å². The zero-order valence-electron chi connectivity index (χ0n) is 14.8. The van der Waals surface area contributed by atoms with Gasteiger partial charge in [0.05, 0.1) is 0 Å². The summed E-state index contributed by atoms with van der Waals surface area (Å²) in [5, 5.41) is 12.5. The van der Waals surface area contributed by atoms with Crippen LogP contribution in [0.3, 0.4) is 0 Å².